The molecule has 0 saturated heterocycles. The molecule has 3 N–H and O–H groups in total. The van der Waals surface area contributed by atoms with E-state index >= 15 is 0 Å². The summed E-state index contributed by atoms with van der Waals surface area (Å²) in [6, 6.07) is 7.86. The molecule has 42 heavy (non-hydrogen) atoms. The van der Waals surface area contributed by atoms with Crippen molar-refractivity contribution in [2.45, 2.75) is 38.8 Å². The molecule has 0 bridgehead atoms. The molecular formula is C29H30FIN6O5. The summed E-state index contributed by atoms with van der Waals surface area (Å²) in [5.41, 5.74) is -1.28. The number of carbonyl (C=O) groups excluding carboxylic acids is 1. The number of hydrogen-bond donors (Lipinski definition) is 3. The van der Waals surface area contributed by atoms with Crippen LogP contribution < -0.4 is 27.4 Å². The van der Waals surface area contributed by atoms with E-state index < -0.39 is 28.7 Å². The van der Waals surface area contributed by atoms with Crippen LogP contribution in [0.4, 0.5) is 21.6 Å². The first kappa shape index (κ1) is 29.5. The summed E-state index contributed by atoms with van der Waals surface area (Å²) in [6.45, 7) is 3.21. The second-order valence-electron chi connectivity index (χ2n) is 10.7. The zero-order chi connectivity index (χ0) is 30.6. The molecule has 0 spiro atoms. The van der Waals surface area contributed by atoms with E-state index in [0.717, 1.165) is 4.57 Å². The maximum absolute atomic E-state index is 14.9. The van der Waals surface area contributed by atoms with Crippen molar-refractivity contribution in [2.75, 3.05) is 24.7 Å². The van der Waals surface area contributed by atoms with E-state index in [2.05, 4.69) is 10.6 Å². The minimum atomic E-state index is -0.664. The summed E-state index contributed by atoms with van der Waals surface area (Å²) in [6.07, 6.45) is 1.25. The van der Waals surface area contributed by atoms with Crippen molar-refractivity contribution in [3.8, 4) is 11.4 Å². The number of benzene rings is 2. The van der Waals surface area contributed by atoms with Crippen molar-refractivity contribution in [2.24, 2.45) is 7.05 Å². The molecule has 1 unspecified atom stereocenters. The molecule has 1 atom stereocenters. The van der Waals surface area contributed by atoms with Gasteiger partial charge < -0.3 is 15.7 Å². The van der Waals surface area contributed by atoms with Gasteiger partial charge in [0.2, 0.25) is 5.91 Å². The molecule has 0 radical (unpaired) electrons. The molecule has 11 nitrogen and oxygen atoms in total. The van der Waals surface area contributed by atoms with Gasteiger partial charge in [-0.15, -0.1) is 0 Å². The minimum absolute atomic E-state index is 0.0268. The fourth-order valence-electron chi connectivity index (χ4n) is 4.81. The Bertz CT molecular complexity index is 1940. The minimum Gasteiger partial charge on any atom is -0.506 e. The molecule has 0 aliphatic heterocycles. The molecule has 4 aromatic rings. The molecule has 1 saturated carbocycles. The summed E-state index contributed by atoms with van der Waals surface area (Å²) in [5, 5.41) is 16.2. The number of anilines is 3. The van der Waals surface area contributed by atoms with Gasteiger partial charge in [0.15, 0.2) is 0 Å². The Hall–Kier alpha value is -3.98. The SMILES string of the molecule is Cc1c(=O)n(C)c(Nc2ccc(I)cc2F)c2c(=O)n(C3CC3)c(=O)n(-c3ccc(O)c(NC(=O)C(C)N(C)C)c3)c12. The lowest BCUT2D eigenvalue weighted by Gasteiger charge is -2.22. The fourth-order valence-corrected chi connectivity index (χ4v) is 5.26. The lowest BCUT2D eigenvalue weighted by molar-refractivity contribution is -0.119. The van der Waals surface area contributed by atoms with Gasteiger partial charge in [-0.25, -0.2) is 9.18 Å². The number of aromatic hydroxyl groups is 1. The lowest BCUT2D eigenvalue weighted by Crippen LogP contribution is -2.41. The van der Waals surface area contributed by atoms with Crippen LogP contribution >= 0.6 is 22.6 Å². The van der Waals surface area contributed by atoms with Gasteiger partial charge in [0, 0.05) is 22.2 Å². The second-order valence-corrected chi connectivity index (χ2v) is 11.9. The molecule has 220 valence electrons. The van der Waals surface area contributed by atoms with Crippen molar-refractivity contribution in [1.82, 2.24) is 18.6 Å². The summed E-state index contributed by atoms with van der Waals surface area (Å²) >= 11 is 1.98. The number of nitrogens with one attached hydrogen (secondary N) is 2. The average molecular weight is 688 g/mol. The summed E-state index contributed by atoms with van der Waals surface area (Å²) in [5.74, 6) is -1.16. The van der Waals surface area contributed by atoms with Crippen LogP contribution in [0.2, 0.25) is 0 Å². The third-order valence-electron chi connectivity index (χ3n) is 7.59. The van der Waals surface area contributed by atoms with Gasteiger partial charge in [0.25, 0.3) is 11.1 Å². The Kier molecular flexibility index (Phi) is 7.74. The van der Waals surface area contributed by atoms with Crippen LogP contribution in [0.1, 0.15) is 31.4 Å². The number of phenols is 1. The number of amides is 1. The summed E-state index contributed by atoms with van der Waals surface area (Å²) < 4.78 is 19.2. The Morgan fingerprint density at radius 1 is 1.10 bits per heavy atom. The van der Waals surface area contributed by atoms with E-state index in [1.165, 1.54) is 53.4 Å². The highest BCUT2D eigenvalue weighted by Crippen LogP contribution is 2.35. The van der Waals surface area contributed by atoms with E-state index in [9.17, 15) is 28.7 Å². The second kappa shape index (κ2) is 11.0. The van der Waals surface area contributed by atoms with Crippen LogP contribution in [-0.4, -0.2) is 49.8 Å². The number of hydrogen-bond acceptors (Lipinski definition) is 7. The number of likely N-dealkylation sites (N-methyl/N-ethyl adjacent to an activating group) is 1. The molecule has 1 fully saturated rings. The molecule has 5 rings (SSSR count). The first-order chi connectivity index (χ1) is 19.8. The van der Waals surface area contributed by atoms with Crippen LogP contribution in [-0.2, 0) is 11.8 Å². The maximum atomic E-state index is 14.9. The third-order valence-corrected chi connectivity index (χ3v) is 8.26. The molecule has 1 aliphatic carbocycles. The van der Waals surface area contributed by atoms with Crippen LogP contribution in [0.15, 0.2) is 50.8 Å². The van der Waals surface area contributed by atoms with Crippen molar-refractivity contribution < 1.29 is 14.3 Å². The van der Waals surface area contributed by atoms with E-state index in [1.54, 1.807) is 32.0 Å². The van der Waals surface area contributed by atoms with Crippen LogP contribution in [0.5, 0.6) is 5.75 Å². The number of aromatic nitrogens is 3. The molecule has 2 aromatic carbocycles. The zero-order valence-electron chi connectivity index (χ0n) is 23.7. The topological polar surface area (TPSA) is 131 Å². The molecule has 1 amide bonds. The first-order valence-corrected chi connectivity index (χ1v) is 14.3. The number of halogens is 2. The Morgan fingerprint density at radius 2 is 1.79 bits per heavy atom. The number of phenolic OH excluding ortho intramolecular Hbond substituents is 1. The van der Waals surface area contributed by atoms with Gasteiger partial charge in [-0.1, -0.05) is 0 Å². The van der Waals surface area contributed by atoms with E-state index in [1.807, 2.05) is 22.6 Å². The summed E-state index contributed by atoms with van der Waals surface area (Å²) in [4.78, 5) is 55.9. The molecule has 2 heterocycles. The maximum Gasteiger partial charge on any atom is 0.336 e. The van der Waals surface area contributed by atoms with Gasteiger partial charge in [-0.3, -0.25) is 33.0 Å². The van der Waals surface area contributed by atoms with Gasteiger partial charge in [-0.05, 0) is 99.8 Å². The summed E-state index contributed by atoms with van der Waals surface area (Å²) in [7, 11) is 4.95. The Labute approximate surface area is 253 Å². The Morgan fingerprint density at radius 3 is 2.40 bits per heavy atom. The van der Waals surface area contributed by atoms with E-state index in [0.29, 0.717) is 16.4 Å². The molecule has 13 heteroatoms. The van der Waals surface area contributed by atoms with Crippen molar-refractivity contribution in [3.63, 3.8) is 0 Å². The van der Waals surface area contributed by atoms with Gasteiger partial charge in [0.05, 0.1) is 28.6 Å². The normalized spacial score (nSPS) is 13.9. The smallest absolute Gasteiger partial charge is 0.336 e. The predicted octanol–water partition coefficient (Wildman–Crippen LogP) is 3.58. The van der Waals surface area contributed by atoms with Crippen LogP contribution in [0.25, 0.3) is 16.6 Å². The lowest BCUT2D eigenvalue weighted by atomic mass is 10.1. The fraction of sp³-hybridized carbons (Fsp3) is 0.310. The number of carbonyl (C=O) groups is 1. The van der Waals surface area contributed by atoms with Crippen LogP contribution in [0.3, 0.4) is 0 Å². The monoisotopic (exact) mass is 688 g/mol. The van der Waals surface area contributed by atoms with Gasteiger partial charge >= 0.3 is 5.69 Å². The number of fused-ring (bicyclic) bond motifs is 1. The predicted molar refractivity (Wildman–Crippen MR) is 168 cm³/mol. The third kappa shape index (κ3) is 5.11. The van der Waals surface area contributed by atoms with Crippen LogP contribution in [0, 0.1) is 16.3 Å². The standard InChI is InChI=1S/C29H30FIN6O5/c1-14-24-23(25(35(5)27(14)40)32-20-10-6-16(31)12-19(20)30)28(41)37(17-7-8-17)29(42)36(24)18-9-11-22(38)21(13-18)33-26(39)15(2)34(3)4/h6,9-13,15,17,32,38H,7-8H2,1-5H3,(H,33,39). The first-order valence-electron chi connectivity index (χ1n) is 13.2. The highest BCUT2D eigenvalue weighted by molar-refractivity contribution is 14.1. The molecule has 1 aliphatic rings. The highest BCUT2D eigenvalue weighted by atomic mass is 127. The molecular weight excluding hydrogens is 658 g/mol. The van der Waals surface area contributed by atoms with Gasteiger partial charge in [0.1, 0.15) is 22.8 Å². The average Bonchev–Trinajstić information content (AvgIpc) is 3.77. The van der Waals surface area contributed by atoms with E-state index in [4.69, 9.17) is 0 Å². The number of nitrogens with zero attached hydrogens (tertiary/aromatic N) is 4. The Balaban J connectivity index is 1.82. The number of pyridine rings is 1. The largest absolute Gasteiger partial charge is 0.506 e. The van der Waals surface area contributed by atoms with Crippen molar-refractivity contribution in [3.05, 3.63) is 82.5 Å². The van der Waals surface area contributed by atoms with Crippen molar-refractivity contribution in [1.29, 1.82) is 0 Å². The highest BCUT2D eigenvalue weighted by Gasteiger charge is 2.32. The van der Waals surface area contributed by atoms with Gasteiger partial charge in [-0.2, -0.15) is 0 Å². The number of rotatable bonds is 7. The number of aryl methyl sites for hydroxylation is 1. The van der Waals surface area contributed by atoms with Crippen molar-refractivity contribution >= 4 is 56.6 Å². The van der Waals surface area contributed by atoms with E-state index in [-0.39, 0.29) is 57.0 Å². The zero-order valence-corrected chi connectivity index (χ0v) is 25.8. The quantitative estimate of drug-likeness (QED) is 0.200. The molecule has 2 aromatic heterocycles.